The third kappa shape index (κ3) is 3.10. The van der Waals surface area contributed by atoms with Gasteiger partial charge in [0.05, 0.1) is 11.3 Å². The number of hydrogen-bond donors (Lipinski definition) is 2. The van der Waals surface area contributed by atoms with Gasteiger partial charge in [-0.2, -0.15) is 5.10 Å². The van der Waals surface area contributed by atoms with Crippen LogP contribution >= 0.6 is 0 Å². The highest BCUT2D eigenvalue weighted by atomic mass is 16.5. The van der Waals surface area contributed by atoms with Crippen LogP contribution in [0.5, 0.6) is 0 Å². The highest BCUT2D eigenvalue weighted by Gasteiger charge is 2.33. The molecule has 2 heterocycles. The monoisotopic (exact) mass is 282 g/mol. The molecule has 0 aromatic carbocycles. The molecule has 1 aromatic rings. The summed E-state index contributed by atoms with van der Waals surface area (Å²) in [6.45, 7) is 3.88. The smallest absolute Gasteiger partial charge is 0.276 e. The minimum absolute atomic E-state index is 0.241. The number of nitrogens with zero attached hydrogens (tertiary/aromatic N) is 3. The van der Waals surface area contributed by atoms with Gasteiger partial charge in [0.25, 0.3) is 5.91 Å². The van der Waals surface area contributed by atoms with Crippen LogP contribution in [0.4, 0.5) is 5.69 Å². The molecule has 0 aliphatic carbocycles. The number of aliphatic hydroxyl groups is 1. The fourth-order valence-corrected chi connectivity index (χ4v) is 2.37. The summed E-state index contributed by atoms with van der Waals surface area (Å²) in [6, 6.07) is 0. The van der Waals surface area contributed by atoms with Gasteiger partial charge in [0.15, 0.2) is 5.69 Å². The first-order valence-corrected chi connectivity index (χ1v) is 6.84. The normalized spacial score (nSPS) is 17.9. The zero-order chi connectivity index (χ0) is 14.8. The molecule has 1 fully saturated rings. The zero-order valence-corrected chi connectivity index (χ0v) is 12.0. The predicted molar refractivity (Wildman–Crippen MR) is 74.3 cm³/mol. The Kier molecular flexibility index (Phi) is 4.29. The molecule has 7 nitrogen and oxygen atoms in total. The molecule has 0 unspecified atom stereocenters. The third-order valence-corrected chi connectivity index (χ3v) is 3.62. The molecule has 112 valence electrons. The number of likely N-dealkylation sites (N-methyl/N-ethyl adjacent to an activating group) is 1. The maximum Gasteiger partial charge on any atom is 0.276 e. The van der Waals surface area contributed by atoms with Gasteiger partial charge in [-0.15, -0.1) is 0 Å². The van der Waals surface area contributed by atoms with E-state index in [-0.39, 0.29) is 18.1 Å². The molecule has 1 amide bonds. The minimum Gasteiger partial charge on any atom is -0.396 e. The molecule has 1 aliphatic heterocycles. The summed E-state index contributed by atoms with van der Waals surface area (Å²) in [5.74, 6) is -0.269. The van der Waals surface area contributed by atoms with E-state index in [4.69, 9.17) is 10.5 Å². The van der Waals surface area contributed by atoms with Crippen LogP contribution < -0.4 is 5.73 Å². The van der Waals surface area contributed by atoms with Crippen molar-refractivity contribution in [3.8, 4) is 0 Å². The predicted octanol–water partition coefficient (Wildman–Crippen LogP) is 0.0987. The average Bonchev–Trinajstić information content (AvgIpc) is 2.79. The fourth-order valence-electron chi connectivity index (χ4n) is 2.37. The van der Waals surface area contributed by atoms with Crippen molar-refractivity contribution in [2.45, 2.75) is 31.9 Å². The maximum atomic E-state index is 12.3. The van der Waals surface area contributed by atoms with E-state index in [9.17, 15) is 9.90 Å². The summed E-state index contributed by atoms with van der Waals surface area (Å²) in [5, 5.41) is 14.6. The average molecular weight is 282 g/mol. The molecule has 7 heteroatoms. The van der Waals surface area contributed by atoms with E-state index < -0.39 is 5.60 Å². The number of nitrogens with two attached hydrogens (primary N) is 1. The Labute approximate surface area is 118 Å². The van der Waals surface area contributed by atoms with E-state index in [2.05, 4.69) is 5.10 Å². The first-order chi connectivity index (χ1) is 9.45. The second-order valence-electron chi connectivity index (χ2n) is 5.29. The van der Waals surface area contributed by atoms with Crippen LogP contribution in [0.25, 0.3) is 0 Å². The van der Waals surface area contributed by atoms with Gasteiger partial charge in [0.1, 0.15) is 0 Å². The Morgan fingerprint density at radius 3 is 2.80 bits per heavy atom. The van der Waals surface area contributed by atoms with Crippen LogP contribution in [0.3, 0.4) is 0 Å². The third-order valence-electron chi connectivity index (χ3n) is 3.62. The van der Waals surface area contributed by atoms with Crippen LogP contribution in [0.1, 0.15) is 30.3 Å². The summed E-state index contributed by atoms with van der Waals surface area (Å²) in [4.78, 5) is 13.8. The van der Waals surface area contributed by atoms with E-state index in [1.807, 2.05) is 6.92 Å². The van der Waals surface area contributed by atoms with Gasteiger partial charge >= 0.3 is 0 Å². The highest BCUT2D eigenvalue weighted by Crippen LogP contribution is 2.22. The molecule has 2 rings (SSSR count). The maximum absolute atomic E-state index is 12.3. The summed E-state index contributed by atoms with van der Waals surface area (Å²) in [6.07, 6.45) is 2.71. The van der Waals surface area contributed by atoms with Crippen molar-refractivity contribution in [2.24, 2.45) is 0 Å². The number of hydrogen-bond acceptors (Lipinski definition) is 5. The lowest BCUT2D eigenvalue weighted by molar-refractivity contribution is -0.0734. The fraction of sp³-hybridized carbons (Fsp3) is 0.692. The summed E-state index contributed by atoms with van der Waals surface area (Å²) < 4.78 is 6.85. The summed E-state index contributed by atoms with van der Waals surface area (Å²) in [5.41, 5.74) is 5.53. The number of aryl methyl sites for hydroxylation is 1. The van der Waals surface area contributed by atoms with E-state index in [0.717, 1.165) is 0 Å². The van der Waals surface area contributed by atoms with Crippen LogP contribution in [0.2, 0.25) is 0 Å². The van der Waals surface area contributed by atoms with Gasteiger partial charge in [-0.3, -0.25) is 9.48 Å². The van der Waals surface area contributed by atoms with Crippen molar-refractivity contribution in [1.29, 1.82) is 0 Å². The van der Waals surface area contributed by atoms with Crippen LogP contribution in [-0.4, -0.2) is 58.1 Å². The first-order valence-electron chi connectivity index (χ1n) is 6.84. The Morgan fingerprint density at radius 2 is 2.25 bits per heavy atom. The number of rotatable bonds is 4. The molecule has 0 bridgehead atoms. The largest absolute Gasteiger partial charge is 0.396 e. The van der Waals surface area contributed by atoms with E-state index in [1.54, 1.807) is 17.9 Å². The number of anilines is 1. The molecule has 0 radical (unpaired) electrons. The number of carbonyl (C=O) groups excluding carboxylic acids is 1. The van der Waals surface area contributed by atoms with E-state index >= 15 is 0 Å². The second kappa shape index (κ2) is 5.80. The van der Waals surface area contributed by atoms with Gasteiger partial charge < -0.3 is 20.5 Å². The Hall–Kier alpha value is -1.60. The van der Waals surface area contributed by atoms with Crippen molar-refractivity contribution in [1.82, 2.24) is 14.7 Å². The van der Waals surface area contributed by atoms with E-state index in [1.165, 1.54) is 4.90 Å². The first kappa shape index (κ1) is 14.8. The van der Waals surface area contributed by atoms with Gasteiger partial charge in [-0.05, 0) is 6.92 Å². The number of amides is 1. The topological polar surface area (TPSA) is 93.6 Å². The Morgan fingerprint density at radius 1 is 1.60 bits per heavy atom. The van der Waals surface area contributed by atoms with Crippen molar-refractivity contribution < 1.29 is 14.6 Å². The molecule has 1 aromatic heterocycles. The molecule has 1 saturated heterocycles. The van der Waals surface area contributed by atoms with Crippen molar-refractivity contribution in [3.05, 3.63) is 11.9 Å². The van der Waals surface area contributed by atoms with Crippen LogP contribution in [0, 0.1) is 0 Å². The van der Waals surface area contributed by atoms with E-state index in [0.29, 0.717) is 38.3 Å². The number of nitrogen functional groups attached to an aromatic ring is 1. The number of aromatic nitrogens is 2. The lowest BCUT2D eigenvalue weighted by Crippen LogP contribution is -2.47. The molecule has 0 spiro atoms. The van der Waals surface area contributed by atoms with Gasteiger partial charge in [0, 0.05) is 52.4 Å². The molecule has 3 N–H and O–H groups in total. The van der Waals surface area contributed by atoms with Crippen molar-refractivity contribution in [3.63, 3.8) is 0 Å². The number of ether oxygens (including phenoxy) is 1. The molecule has 0 saturated carbocycles. The number of carbonyl (C=O) groups is 1. The van der Waals surface area contributed by atoms with Crippen LogP contribution in [0.15, 0.2) is 6.20 Å². The van der Waals surface area contributed by atoms with Crippen molar-refractivity contribution in [2.75, 3.05) is 32.5 Å². The quantitative estimate of drug-likeness (QED) is 0.817. The molecular weight excluding hydrogens is 260 g/mol. The molecule has 0 atom stereocenters. The Bertz CT molecular complexity index is 480. The minimum atomic E-state index is -0.884. The van der Waals surface area contributed by atoms with Crippen molar-refractivity contribution >= 4 is 11.6 Å². The van der Waals surface area contributed by atoms with Gasteiger partial charge in [-0.1, -0.05) is 0 Å². The van der Waals surface area contributed by atoms with Gasteiger partial charge in [-0.25, -0.2) is 0 Å². The second-order valence-corrected chi connectivity index (χ2v) is 5.29. The zero-order valence-electron chi connectivity index (χ0n) is 12.0. The van der Waals surface area contributed by atoms with Gasteiger partial charge in [0.2, 0.25) is 0 Å². The lowest BCUT2D eigenvalue weighted by atomic mass is 9.94. The summed E-state index contributed by atoms with van der Waals surface area (Å²) >= 11 is 0. The molecular formula is C13H22N4O3. The summed E-state index contributed by atoms with van der Waals surface area (Å²) in [7, 11) is 1.65. The standard InChI is InChI=1S/C13H22N4O3/c1-3-17-8-10(14)11(15-17)12(18)16(2)9-13(19)4-6-20-7-5-13/h8,19H,3-7,9,14H2,1-2H3. The highest BCUT2D eigenvalue weighted by molar-refractivity contribution is 5.96. The lowest BCUT2D eigenvalue weighted by Gasteiger charge is -2.35. The Balaban J connectivity index is 2.06. The molecule has 1 aliphatic rings. The van der Waals surface area contributed by atoms with Crippen LogP contribution in [-0.2, 0) is 11.3 Å². The molecule has 20 heavy (non-hydrogen) atoms. The SMILES string of the molecule is CCn1cc(N)c(C(=O)N(C)CC2(O)CCOCC2)n1.